The molecule has 1 aromatic heterocycles. The molecule has 0 saturated carbocycles. The maximum absolute atomic E-state index is 12.8. The lowest BCUT2D eigenvalue weighted by Gasteiger charge is -2.35. The molecule has 0 aliphatic carbocycles. The van der Waals surface area contributed by atoms with Crippen molar-refractivity contribution in [3.63, 3.8) is 0 Å². The number of fused-ring (bicyclic) bond motifs is 1. The summed E-state index contributed by atoms with van der Waals surface area (Å²) in [5, 5.41) is 0. The summed E-state index contributed by atoms with van der Waals surface area (Å²) in [5.74, 6) is 2.64. The van der Waals surface area contributed by atoms with Gasteiger partial charge in [0.1, 0.15) is 12.1 Å². The number of carbonyl (C=O) groups excluding carboxylic acids is 1. The van der Waals surface area contributed by atoms with Crippen LogP contribution in [0.25, 0.3) is 0 Å². The molecule has 1 fully saturated rings. The predicted octanol–water partition coefficient (Wildman–Crippen LogP) is 2.29. The van der Waals surface area contributed by atoms with E-state index in [1.165, 1.54) is 0 Å². The smallest absolute Gasteiger partial charge is 0.254 e. The maximum atomic E-state index is 12.8. The molecule has 7 nitrogen and oxygen atoms in total. The van der Waals surface area contributed by atoms with Gasteiger partial charge in [-0.05, 0) is 24.1 Å². The standard InChI is InChI=1S/C19H22N4O3/c1-13(2)15-10-18(21-11-20-15)22-5-7-23(8-6-22)19(24)14-3-4-16-17(9-14)26-12-25-16/h3-4,9-11,13H,5-8,12H2,1-2H3. The summed E-state index contributed by atoms with van der Waals surface area (Å²) >= 11 is 0. The first-order valence-corrected chi connectivity index (χ1v) is 8.87. The fourth-order valence-corrected chi connectivity index (χ4v) is 3.20. The Morgan fingerprint density at radius 3 is 2.58 bits per heavy atom. The fraction of sp³-hybridized carbons (Fsp3) is 0.421. The molecule has 3 heterocycles. The molecule has 0 radical (unpaired) electrons. The van der Waals surface area contributed by atoms with Crippen LogP contribution in [0.2, 0.25) is 0 Å². The molecule has 2 aliphatic rings. The van der Waals surface area contributed by atoms with Gasteiger partial charge in [0.2, 0.25) is 6.79 Å². The number of aromatic nitrogens is 2. The molecular formula is C19H22N4O3. The van der Waals surface area contributed by atoms with Crippen molar-refractivity contribution in [3.8, 4) is 11.5 Å². The Morgan fingerprint density at radius 2 is 1.81 bits per heavy atom. The van der Waals surface area contributed by atoms with Crippen molar-refractivity contribution >= 4 is 11.7 Å². The maximum Gasteiger partial charge on any atom is 0.254 e. The Morgan fingerprint density at radius 1 is 1.04 bits per heavy atom. The summed E-state index contributed by atoms with van der Waals surface area (Å²) in [6, 6.07) is 7.39. The van der Waals surface area contributed by atoms with Crippen LogP contribution in [0, 0.1) is 0 Å². The lowest BCUT2D eigenvalue weighted by Crippen LogP contribution is -2.49. The molecule has 0 bridgehead atoms. The molecule has 0 unspecified atom stereocenters. The van der Waals surface area contributed by atoms with E-state index in [4.69, 9.17) is 9.47 Å². The number of piperazine rings is 1. The SMILES string of the molecule is CC(C)c1cc(N2CCN(C(=O)c3ccc4c(c3)OCO4)CC2)ncn1. The number of rotatable bonds is 3. The topological polar surface area (TPSA) is 67.8 Å². The van der Waals surface area contributed by atoms with Crippen molar-refractivity contribution in [1.82, 2.24) is 14.9 Å². The number of benzene rings is 1. The first-order chi connectivity index (χ1) is 12.6. The van der Waals surface area contributed by atoms with Crippen LogP contribution >= 0.6 is 0 Å². The summed E-state index contributed by atoms with van der Waals surface area (Å²) < 4.78 is 10.7. The molecule has 1 amide bonds. The van der Waals surface area contributed by atoms with Gasteiger partial charge in [-0.2, -0.15) is 0 Å². The Kier molecular flexibility index (Phi) is 4.36. The van der Waals surface area contributed by atoms with Crippen molar-refractivity contribution in [2.45, 2.75) is 19.8 Å². The molecule has 1 aromatic carbocycles. The van der Waals surface area contributed by atoms with Gasteiger partial charge < -0.3 is 19.3 Å². The first-order valence-electron chi connectivity index (χ1n) is 8.87. The summed E-state index contributed by atoms with van der Waals surface area (Å²) in [4.78, 5) is 25.6. The van der Waals surface area contributed by atoms with E-state index in [-0.39, 0.29) is 12.7 Å². The van der Waals surface area contributed by atoms with Crippen LogP contribution in [0.5, 0.6) is 11.5 Å². The highest BCUT2D eigenvalue weighted by molar-refractivity contribution is 5.95. The summed E-state index contributed by atoms with van der Waals surface area (Å²) in [6.07, 6.45) is 1.62. The number of hydrogen-bond donors (Lipinski definition) is 0. The molecule has 2 aliphatic heterocycles. The van der Waals surface area contributed by atoms with Crippen molar-refractivity contribution in [2.75, 3.05) is 37.9 Å². The Labute approximate surface area is 152 Å². The number of ether oxygens (including phenoxy) is 2. The van der Waals surface area contributed by atoms with E-state index in [0.717, 1.165) is 24.6 Å². The van der Waals surface area contributed by atoms with E-state index < -0.39 is 0 Å². The molecule has 136 valence electrons. The predicted molar refractivity (Wildman–Crippen MR) is 96.8 cm³/mol. The zero-order valence-electron chi connectivity index (χ0n) is 15.0. The number of amides is 1. The van der Waals surface area contributed by atoms with Gasteiger partial charge in [-0.3, -0.25) is 4.79 Å². The van der Waals surface area contributed by atoms with Crippen LogP contribution in [-0.4, -0.2) is 53.7 Å². The quantitative estimate of drug-likeness (QED) is 0.842. The minimum Gasteiger partial charge on any atom is -0.454 e. The summed E-state index contributed by atoms with van der Waals surface area (Å²) in [5.41, 5.74) is 1.67. The van der Waals surface area contributed by atoms with E-state index in [1.807, 2.05) is 11.0 Å². The third kappa shape index (κ3) is 3.16. The van der Waals surface area contributed by atoms with Crippen molar-refractivity contribution in [1.29, 1.82) is 0 Å². The van der Waals surface area contributed by atoms with Crippen molar-refractivity contribution in [2.24, 2.45) is 0 Å². The molecule has 7 heteroatoms. The molecular weight excluding hydrogens is 332 g/mol. The third-order valence-electron chi connectivity index (χ3n) is 4.78. The van der Waals surface area contributed by atoms with Crippen LogP contribution in [0.3, 0.4) is 0 Å². The van der Waals surface area contributed by atoms with Crippen molar-refractivity contribution < 1.29 is 14.3 Å². The van der Waals surface area contributed by atoms with Gasteiger partial charge in [0, 0.05) is 43.5 Å². The fourth-order valence-electron chi connectivity index (χ4n) is 3.20. The molecule has 1 saturated heterocycles. The van der Waals surface area contributed by atoms with E-state index in [9.17, 15) is 4.79 Å². The average Bonchev–Trinajstić information content (AvgIpc) is 3.15. The minimum atomic E-state index is 0.0218. The second kappa shape index (κ2) is 6.82. The molecule has 2 aromatic rings. The van der Waals surface area contributed by atoms with Gasteiger partial charge in [0.25, 0.3) is 5.91 Å². The van der Waals surface area contributed by atoms with E-state index in [2.05, 4.69) is 28.7 Å². The van der Waals surface area contributed by atoms with Gasteiger partial charge in [-0.25, -0.2) is 9.97 Å². The van der Waals surface area contributed by atoms with Crippen LogP contribution in [0.4, 0.5) is 5.82 Å². The monoisotopic (exact) mass is 354 g/mol. The molecule has 0 N–H and O–H groups in total. The highest BCUT2D eigenvalue weighted by atomic mass is 16.7. The molecule has 0 atom stereocenters. The second-order valence-corrected chi connectivity index (χ2v) is 6.80. The normalized spacial score (nSPS) is 16.3. The molecule has 0 spiro atoms. The lowest BCUT2D eigenvalue weighted by atomic mass is 10.1. The van der Waals surface area contributed by atoms with Gasteiger partial charge in [-0.1, -0.05) is 13.8 Å². The number of hydrogen-bond acceptors (Lipinski definition) is 6. The van der Waals surface area contributed by atoms with Gasteiger partial charge in [-0.15, -0.1) is 0 Å². The highest BCUT2D eigenvalue weighted by Gasteiger charge is 2.25. The number of nitrogens with zero attached hydrogens (tertiary/aromatic N) is 4. The van der Waals surface area contributed by atoms with Gasteiger partial charge in [0.05, 0.1) is 0 Å². The van der Waals surface area contributed by atoms with Crippen LogP contribution in [0.15, 0.2) is 30.6 Å². The largest absolute Gasteiger partial charge is 0.454 e. The zero-order chi connectivity index (χ0) is 18.1. The Hall–Kier alpha value is -2.83. The number of anilines is 1. The van der Waals surface area contributed by atoms with Crippen LogP contribution in [0.1, 0.15) is 35.8 Å². The molecule has 26 heavy (non-hydrogen) atoms. The first kappa shape index (κ1) is 16.6. The zero-order valence-corrected chi connectivity index (χ0v) is 15.0. The van der Waals surface area contributed by atoms with Crippen molar-refractivity contribution in [3.05, 3.63) is 41.9 Å². The van der Waals surface area contributed by atoms with Gasteiger partial charge >= 0.3 is 0 Å². The van der Waals surface area contributed by atoms with E-state index in [1.54, 1.807) is 24.5 Å². The minimum absolute atomic E-state index is 0.0218. The summed E-state index contributed by atoms with van der Waals surface area (Å²) in [6.45, 7) is 7.28. The van der Waals surface area contributed by atoms with Crippen LogP contribution < -0.4 is 14.4 Å². The Bertz CT molecular complexity index is 816. The summed E-state index contributed by atoms with van der Waals surface area (Å²) in [7, 11) is 0. The number of carbonyl (C=O) groups is 1. The van der Waals surface area contributed by atoms with E-state index >= 15 is 0 Å². The van der Waals surface area contributed by atoms with E-state index in [0.29, 0.717) is 36.1 Å². The molecule has 4 rings (SSSR count). The third-order valence-corrected chi connectivity index (χ3v) is 4.78. The average molecular weight is 354 g/mol. The lowest BCUT2D eigenvalue weighted by molar-refractivity contribution is 0.0746. The van der Waals surface area contributed by atoms with Gasteiger partial charge in [0.15, 0.2) is 11.5 Å². The Balaban J connectivity index is 1.42. The van der Waals surface area contributed by atoms with Crippen LogP contribution in [-0.2, 0) is 0 Å². The second-order valence-electron chi connectivity index (χ2n) is 6.80. The highest BCUT2D eigenvalue weighted by Crippen LogP contribution is 2.33.